The highest BCUT2D eigenvalue weighted by molar-refractivity contribution is 4.39. The van der Waals surface area contributed by atoms with Gasteiger partial charge in [0.2, 0.25) is 0 Å². The average molecular weight is 189 g/mol. The summed E-state index contributed by atoms with van der Waals surface area (Å²) in [6.07, 6.45) is 2.98. The Kier molecular flexibility index (Phi) is 11.8. The largest absolute Gasteiger partial charge is 0.379 e. The lowest BCUT2D eigenvalue weighted by Gasteiger charge is -2.05. The average Bonchev–Trinajstić information content (AvgIpc) is 2.16. The van der Waals surface area contributed by atoms with Crippen LogP contribution in [0.25, 0.3) is 0 Å². The van der Waals surface area contributed by atoms with E-state index in [1.54, 1.807) is 0 Å². The fourth-order valence-corrected chi connectivity index (χ4v) is 0.745. The second kappa shape index (κ2) is 11.9. The van der Waals surface area contributed by atoms with Gasteiger partial charge in [0.1, 0.15) is 6.79 Å². The molecule has 0 bridgehead atoms. The van der Waals surface area contributed by atoms with E-state index in [0.717, 1.165) is 32.5 Å². The first kappa shape index (κ1) is 12.9. The Hall–Kier alpha value is -0.120. The van der Waals surface area contributed by atoms with Crippen molar-refractivity contribution in [1.29, 1.82) is 0 Å². The molecule has 0 aliphatic carbocycles. The molecule has 3 heteroatoms. The first-order valence-corrected chi connectivity index (χ1v) is 4.94. The first-order valence-electron chi connectivity index (χ1n) is 4.94. The molecule has 0 unspecified atom stereocenters. The molecule has 3 nitrogen and oxygen atoms in total. The molecule has 0 fully saturated rings. The maximum absolute atomic E-state index is 5.26. The molecule has 0 aliphatic rings. The minimum atomic E-state index is 0.381. The number of ether oxygens (including phenoxy) is 3. The Bertz CT molecular complexity index is 76.2. The third kappa shape index (κ3) is 11.9. The van der Waals surface area contributed by atoms with Gasteiger partial charge in [-0.05, 0) is 12.8 Å². The fraction of sp³-hybridized carbons (Fsp3) is 0.900. The van der Waals surface area contributed by atoms with Gasteiger partial charge in [0.05, 0.1) is 13.2 Å². The molecule has 0 saturated heterocycles. The number of hydrogen-bond donors (Lipinski definition) is 0. The van der Waals surface area contributed by atoms with E-state index < -0.39 is 0 Å². The van der Waals surface area contributed by atoms with Gasteiger partial charge in [-0.1, -0.05) is 20.3 Å². The van der Waals surface area contributed by atoms with Crippen LogP contribution < -0.4 is 0 Å². The summed E-state index contributed by atoms with van der Waals surface area (Å²) in [6, 6.07) is 0. The number of rotatable bonds is 10. The molecule has 0 spiro atoms. The normalized spacial score (nSPS) is 10.6. The molecule has 0 aliphatic heterocycles. The first-order chi connectivity index (χ1) is 6.41. The van der Waals surface area contributed by atoms with Gasteiger partial charge in [0.15, 0.2) is 0 Å². The maximum atomic E-state index is 5.26. The monoisotopic (exact) mass is 189 g/mol. The Labute approximate surface area is 81.4 Å². The molecule has 0 aromatic carbocycles. The number of unbranched alkanes of at least 4 members (excludes halogenated alkanes) is 1. The van der Waals surface area contributed by atoms with Crippen molar-refractivity contribution in [2.75, 3.05) is 33.2 Å². The van der Waals surface area contributed by atoms with Crippen molar-refractivity contribution in [3.63, 3.8) is 0 Å². The van der Waals surface area contributed by atoms with E-state index >= 15 is 0 Å². The van der Waals surface area contributed by atoms with E-state index in [0.29, 0.717) is 20.0 Å². The lowest BCUT2D eigenvalue weighted by Crippen LogP contribution is -2.08. The van der Waals surface area contributed by atoms with Gasteiger partial charge >= 0.3 is 0 Å². The van der Waals surface area contributed by atoms with Crippen LogP contribution in [0.15, 0.2) is 0 Å². The molecule has 0 rings (SSSR count). The molecule has 79 valence electrons. The summed E-state index contributed by atoms with van der Waals surface area (Å²) in [5.74, 6) is 0. The summed E-state index contributed by atoms with van der Waals surface area (Å²) in [7, 11) is 0. The van der Waals surface area contributed by atoms with Crippen LogP contribution in [0.5, 0.6) is 0 Å². The van der Waals surface area contributed by atoms with E-state index in [1.807, 2.05) is 0 Å². The predicted molar refractivity (Wildman–Crippen MR) is 52.5 cm³/mol. The van der Waals surface area contributed by atoms with E-state index in [9.17, 15) is 0 Å². The van der Waals surface area contributed by atoms with Crippen LogP contribution in [0.3, 0.4) is 0 Å². The summed E-state index contributed by atoms with van der Waals surface area (Å²) in [4.78, 5) is 0. The van der Waals surface area contributed by atoms with Crippen molar-refractivity contribution in [1.82, 2.24) is 0 Å². The summed E-state index contributed by atoms with van der Waals surface area (Å²) in [5, 5.41) is 0. The van der Waals surface area contributed by atoms with Crippen LogP contribution in [0, 0.1) is 6.92 Å². The SMILES string of the molecule is [CH2]CCCOCCOCOCCC. The Morgan fingerprint density at radius 1 is 0.923 bits per heavy atom. The summed E-state index contributed by atoms with van der Waals surface area (Å²) in [5.41, 5.74) is 0. The van der Waals surface area contributed by atoms with Crippen molar-refractivity contribution >= 4 is 0 Å². The van der Waals surface area contributed by atoms with Gasteiger partial charge in [-0.15, -0.1) is 0 Å². The molecule has 1 radical (unpaired) electrons. The fourth-order valence-electron chi connectivity index (χ4n) is 0.745. The zero-order valence-electron chi connectivity index (χ0n) is 8.59. The highest BCUT2D eigenvalue weighted by Gasteiger charge is 1.89. The van der Waals surface area contributed by atoms with Gasteiger partial charge in [0, 0.05) is 13.2 Å². The third-order valence-corrected chi connectivity index (χ3v) is 1.43. The molecular formula is C10H21O3. The van der Waals surface area contributed by atoms with Gasteiger partial charge in [-0.25, -0.2) is 0 Å². The molecule has 0 N–H and O–H groups in total. The van der Waals surface area contributed by atoms with Crippen LogP contribution in [0.2, 0.25) is 0 Å². The zero-order chi connectivity index (χ0) is 9.78. The summed E-state index contributed by atoms with van der Waals surface area (Å²) >= 11 is 0. The molecule has 13 heavy (non-hydrogen) atoms. The van der Waals surface area contributed by atoms with Crippen molar-refractivity contribution < 1.29 is 14.2 Å². The second-order valence-corrected chi connectivity index (χ2v) is 2.75. The van der Waals surface area contributed by atoms with Crippen LogP contribution in [-0.2, 0) is 14.2 Å². The smallest absolute Gasteiger partial charge is 0.146 e. The minimum absolute atomic E-state index is 0.381. The maximum Gasteiger partial charge on any atom is 0.146 e. The van der Waals surface area contributed by atoms with Gasteiger partial charge in [-0.2, -0.15) is 0 Å². The zero-order valence-corrected chi connectivity index (χ0v) is 8.59. The molecule has 0 amide bonds. The van der Waals surface area contributed by atoms with Crippen molar-refractivity contribution in [2.24, 2.45) is 0 Å². The lowest BCUT2D eigenvalue weighted by atomic mass is 10.4. The van der Waals surface area contributed by atoms with Gasteiger partial charge < -0.3 is 14.2 Å². The van der Waals surface area contributed by atoms with Crippen LogP contribution in [-0.4, -0.2) is 33.2 Å². The predicted octanol–water partition coefficient (Wildman–Crippen LogP) is 2.02. The van der Waals surface area contributed by atoms with Gasteiger partial charge in [0.25, 0.3) is 0 Å². The van der Waals surface area contributed by atoms with Crippen LogP contribution in [0.1, 0.15) is 26.2 Å². The topological polar surface area (TPSA) is 27.7 Å². The second-order valence-electron chi connectivity index (χ2n) is 2.75. The van der Waals surface area contributed by atoms with Crippen molar-refractivity contribution in [2.45, 2.75) is 26.2 Å². The van der Waals surface area contributed by atoms with E-state index in [2.05, 4.69) is 13.8 Å². The van der Waals surface area contributed by atoms with Crippen molar-refractivity contribution in [3.8, 4) is 0 Å². The van der Waals surface area contributed by atoms with Gasteiger partial charge in [-0.3, -0.25) is 0 Å². The van der Waals surface area contributed by atoms with Crippen LogP contribution in [0.4, 0.5) is 0 Å². The minimum Gasteiger partial charge on any atom is -0.379 e. The van der Waals surface area contributed by atoms with Crippen LogP contribution >= 0.6 is 0 Å². The van der Waals surface area contributed by atoms with Crippen molar-refractivity contribution in [3.05, 3.63) is 6.92 Å². The number of hydrogen-bond acceptors (Lipinski definition) is 3. The molecule has 0 aromatic rings. The van der Waals surface area contributed by atoms with E-state index in [-0.39, 0.29) is 0 Å². The standard InChI is InChI=1S/C10H21O3/c1-3-5-7-11-8-9-13-10-12-6-4-2/h1,3-10H2,2H3. The molecule has 0 heterocycles. The summed E-state index contributed by atoms with van der Waals surface area (Å²) in [6.45, 7) is 8.98. The van der Waals surface area contributed by atoms with E-state index in [1.165, 1.54) is 0 Å². The Morgan fingerprint density at radius 3 is 2.31 bits per heavy atom. The molecule has 0 aromatic heterocycles. The Balaban J connectivity index is 2.76. The Morgan fingerprint density at radius 2 is 1.62 bits per heavy atom. The third-order valence-electron chi connectivity index (χ3n) is 1.43. The lowest BCUT2D eigenvalue weighted by molar-refractivity contribution is -0.0691. The molecular weight excluding hydrogens is 168 g/mol. The molecule has 0 atom stereocenters. The summed E-state index contributed by atoms with van der Waals surface area (Å²) < 4.78 is 15.5. The highest BCUT2D eigenvalue weighted by atomic mass is 16.7. The quantitative estimate of drug-likeness (QED) is 0.388. The van der Waals surface area contributed by atoms with E-state index in [4.69, 9.17) is 14.2 Å². The molecule has 0 saturated carbocycles. The highest BCUT2D eigenvalue weighted by Crippen LogP contribution is 1.88.